The molecule has 0 radical (unpaired) electrons. The van der Waals surface area contributed by atoms with Crippen LogP contribution in [0.1, 0.15) is 49.8 Å². The van der Waals surface area contributed by atoms with Crippen LogP contribution >= 0.6 is 0 Å². The maximum Gasteiger partial charge on any atom is 0.303 e. The van der Waals surface area contributed by atoms with Gasteiger partial charge in [0.25, 0.3) is 0 Å². The number of carboxylic acid groups (broad SMARTS) is 1. The van der Waals surface area contributed by atoms with Gasteiger partial charge in [-0.25, -0.2) is 0 Å². The Morgan fingerprint density at radius 3 is 2.83 bits per heavy atom. The fourth-order valence-corrected chi connectivity index (χ4v) is 5.41. The standard InChI is InChI=1S/C28H36N4O3/c1-35-25-10-11-27-26(19-25)22(13-16-29-27)6-2-5-21-14-18-32(20-23(21)9-12-28(33)34)17-4-8-24-7-3-15-30-31-24/h3,7,10-11,13,15-16,19,21,23H,2,4-6,8-9,12,14,17-18,20H2,1H3,(H,33,34). The van der Waals surface area contributed by atoms with Crippen molar-refractivity contribution >= 4 is 16.9 Å². The number of carboxylic acids is 1. The van der Waals surface area contributed by atoms with Crippen molar-refractivity contribution in [3.63, 3.8) is 0 Å². The third kappa shape index (κ3) is 7.21. The fraction of sp³-hybridized carbons (Fsp3) is 0.500. The highest BCUT2D eigenvalue weighted by atomic mass is 16.5. The molecule has 35 heavy (non-hydrogen) atoms. The Hall–Kier alpha value is -3.06. The first kappa shape index (κ1) is 25.0. The van der Waals surface area contributed by atoms with Crippen LogP contribution in [0.3, 0.4) is 0 Å². The second-order valence-electron chi connectivity index (χ2n) is 9.61. The number of piperidine rings is 1. The van der Waals surface area contributed by atoms with Gasteiger partial charge in [0, 0.05) is 30.7 Å². The normalized spacial score (nSPS) is 18.5. The maximum atomic E-state index is 11.3. The van der Waals surface area contributed by atoms with Crippen LogP contribution in [-0.2, 0) is 17.6 Å². The lowest BCUT2D eigenvalue weighted by Crippen LogP contribution is -2.41. The summed E-state index contributed by atoms with van der Waals surface area (Å²) >= 11 is 0. The van der Waals surface area contributed by atoms with Gasteiger partial charge in [-0.1, -0.05) is 0 Å². The zero-order chi connectivity index (χ0) is 24.5. The molecule has 186 valence electrons. The lowest BCUT2D eigenvalue weighted by atomic mass is 9.79. The number of rotatable bonds is 12. The van der Waals surface area contributed by atoms with E-state index in [4.69, 9.17) is 4.74 Å². The molecule has 2 unspecified atom stereocenters. The van der Waals surface area contributed by atoms with Crippen LogP contribution in [0.15, 0.2) is 48.8 Å². The molecule has 7 heteroatoms. The van der Waals surface area contributed by atoms with Crippen molar-refractivity contribution in [2.75, 3.05) is 26.7 Å². The largest absolute Gasteiger partial charge is 0.497 e. The zero-order valence-electron chi connectivity index (χ0n) is 20.6. The molecule has 2 atom stereocenters. The predicted octanol–water partition coefficient (Wildman–Crippen LogP) is 4.79. The van der Waals surface area contributed by atoms with Crippen LogP contribution in [-0.4, -0.2) is 57.9 Å². The summed E-state index contributed by atoms with van der Waals surface area (Å²) in [5, 5.41) is 18.6. The van der Waals surface area contributed by atoms with Gasteiger partial charge >= 0.3 is 5.97 Å². The zero-order valence-corrected chi connectivity index (χ0v) is 20.6. The molecular weight excluding hydrogens is 440 g/mol. The van der Waals surface area contributed by atoms with Gasteiger partial charge in [-0.05, 0) is 112 Å². The molecular formula is C28H36N4O3. The molecule has 3 aromatic rings. The molecule has 7 nitrogen and oxygen atoms in total. The molecule has 1 N–H and O–H groups in total. The smallest absolute Gasteiger partial charge is 0.303 e. The minimum Gasteiger partial charge on any atom is -0.497 e. The number of hydrogen-bond acceptors (Lipinski definition) is 6. The third-order valence-corrected chi connectivity index (χ3v) is 7.30. The summed E-state index contributed by atoms with van der Waals surface area (Å²) in [7, 11) is 1.69. The van der Waals surface area contributed by atoms with Crippen molar-refractivity contribution in [2.24, 2.45) is 11.8 Å². The summed E-state index contributed by atoms with van der Waals surface area (Å²) < 4.78 is 5.41. The maximum absolute atomic E-state index is 11.3. The van der Waals surface area contributed by atoms with Gasteiger partial charge in [-0.2, -0.15) is 10.2 Å². The van der Waals surface area contributed by atoms with Crippen molar-refractivity contribution < 1.29 is 14.6 Å². The van der Waals surface area contributed by atoms with E-state index >= 15 is 0 Å². The summed E-state index contributed by atoms with van der Waals surface area (Å²) in [4.78, 5) is 18.3. The number of aromatic nitrogens is 3. The number of nitrogens with zero attached hydrogens (tertiary/aromatic N) is 4. The second-order valence-corrected chi connectivity index (χ2v) is 9.61. The quantitative estimate of drug-likeness (QED) is 0.402. The summed E-state index contributed by atoms with van der Waals surface area (Å²) in [6, 6.07) is 12.1. The monoisotopic (exact) mass is 476 g/mol. The molecule has 0 amide bonds. The van der Waals surface area contributed by atoms with E-state index in [1.165, 1.54) is 5.56 Å². The molecule has 1 aromatic carbocycles. The lowest BCUT2D eigenvalue weighted by Gasteiger charge is -2.39. The van der Waals surface area contributed by atoms with Crippen LogP contribution in [0, 0.1) is 11.8 Å². The predicted molar refractivity (Wildman–Crippen MR) is 136 cm³/mol. The number of likely N-dealkylation sites (tertiary alicyclic amines) is 1. The molecule has 4 rings (SSSR count). The van der Waals surface area contributed by atoms with Crippen molar-refractivity contribution in [1.29, 1.82) is 0 Å². The van der Waals surface area contributed by atoms with Crippen LogP contribution in [0.5, 0.6) is 5.75 Å². The average Bonchev–Trinajstić information content (AvgIpc) is 2.88. The number of fused-ring (bicyclic) bond motifs is 1. The summed E-state index contributed by atoms with van der Waals surface area (Å²) in [5.74, 6) is 1.17. The molecule has 0 saturated carbocycles. The first-order valence-electron chi connectivity index (χ1n) is 12.7. The fourth-order valence-electron chi connectivity index (χ4n) is 5.41. The minimum atomic E-state index is -0.694. The lowest BCUT2D eigenvalue weighted by molar-refractivity contribution is -0.137. The average molecular weight is 477 g/mol. The molecule has 3 heterocycles. The number of benzene rings is 1. The van der Waals surface area contributed by atoms with Gasteiger partial charge in [0.1, 0.15) is 5.75 Å². The van der Waals surface area contributed by atoms with Gasteiger partial charge < -0.3 is 14.7 Å². The van der Waals surface area contributed by atoms with Crippen LogP contribution < -0.4 is 4.74 Å². The topological polar surface area (TPSA) is 88.4 Å². The number of methoxy groups -OCH3 is 1. The Labute approximate surface area is 207 Å². The van der Waals surface area contributed by atoms with Gasteiger partial charge in [0.05, 0.1) is 18.3 Å². The van der Waals surface area contributed by atoms with Gasteiger partial charge in [-0.3, -0.25) is 9.78 Å². The molecule has 1 aliphatic rings. The van der Waals surface area contributed by atoms with Crippen LogP contribution in [0.2, 0.25) is 0 Å². The van der Waals surface area contributed by atoms with Gasteiger partial charge in [-0.15, -0.1) is 0 Å². The molecule has 1 aliphatic heterocycles. The van der Waals surface area contributed by atoms with Gasteiger partial charge in [0.15, 0.2) is 0 Å². The Bertz CT molecular complexity index is 1090. The molecule has 1 fully saturated rings. The molecule has 2 aromatic heterocycles. The van der Waals surface area contributed by atoms with Crippen LogP contribution in [0.4, 0.5) is 0 Å². The number of aryl methyl sites for hydroxylation is 2. The van der Waals surface area contributed by atoms with E-state index in [9.17, 15) is 9.90 Å². The Balaban J connectivity index is 1.31. The van der Waals surface area contributed by atoms with E-state index in [1.54, 1.807) is 13.3 Å². The number of aliphatic carboxylic acids is 1. The summed E-state index contributed by atoms with van der Waals surface area (Å²) in [6.45, 7) is 3.11. The third-order valence-electron chi connectivity index (χ3n) is 7.30. The highest BCUT2D eigenvalue weighted by Crippen LogP contribution is 2.32. The minimum absolute atomic E-state index is 0.253. The van der Waals surface area contributed by atoms with Crippen molar-refractivity contribution in [3.8, 4) is 5.75 Å². The summed E-state index contributed by atoms with van der Waals surface area (Å²) in [5.41, 5.74) is 3.33. The second kappa shape index (κ2) is 12.6. The summed E-state index contributed by atoms with van der Waals surface area (Å²) in [6.07, 6.45) is 10.9. The van der Waals surface area contributed by atoms with Crippen LogP contribution in [0.25, 0.3) is 10.9 Å². The molecule has 1 saturated heterocycles. The first-order valence-corrected chi connectivity index (χ1v) is 12.7. The number of ether oxygens (including phenoxy) is 1. The van der Waals surface area contributed by atoms with Crippen molar-refractivity contribution in [3.05, 3.63) is 60.0 Å². The number of pyridine rings is 1. The highest BCUT2D eigenvalue weighted by molar-refractivity contribution is 5.83. The Morgan fingerprint density at radius 1 is 1.11 bits per heavy atom. The molecule has 0 spiro atoms. The Morgan fingerprint density at radius 2 is 2.03 bits per heavy atom. The van der Waals surface area contributed by atoms with E-state index in [0.29, 0.717) is 11.8 Å². The van der Waals surface area contributed by atoms with Gasteiger partial charge in [0.2, 0.25) is 0 Å². The Kier molecular flexibility index (Phi) is 9.01. The highest BCUT2D eigenvalue weighted by Gasteiger charge is 2.29. The molecule has 0 aliphatic carbocycles. The number of hydrogen-bond donors (Lipinski definition) is 1. The SMILES string of the molecule is COc1ccc2nccc(CCCC3CCN(CCCc4cccnn4)CC3CCC(=O)O)c2c1. The van der Waals surface area contributed by atoms with E-state index in [2.05, 4.69) is 32.2 Å². The first-order chi connectivity index (χ1) is 17.1. The number of carbonyl (C=O) groups is 1. The van der Waals surface area contributed by atoms with E-state index < -0.39 is 5.97 Å². The van der Waals surface area contributed by atoms with Crippen molar-refractivity contribution in [2.45, 2.75) is 51.4 Å². The van der Waals surface area contributed by atoms with E-state index in [1.807, 2.05) is 30.5 Å². The molecule has 0 bridgehead atoms. The van der Waals surface area contributed by atoms with Crippen molar-refractivity contribution in [1.82, 2.24) is 20.1 Å². The van der Waals surface area contributed by atoms with E-state index in [0.717, 1.165) is 86.9 Å². The van der Waals surface area contributed by atoms with E-state index in [-0.39, 0.29) is 6.42 Å².